The molecule has 0 bridgehead atoms. The van der Waals surface area contributed by atoms with Crippen LogP contribution in [0.2, 0.25) is 0 Å². The Morgan fingerprint density at radius 3 is 0.200 bits per heavy atom. The maximum atomic E-state index is 0. The quantitative estimate of drug-likeness (QED) is 0.366. The van der Waals surface area contributed by atoms with Crippen LogP contribution in [0.5, 0.6) is 0 Å². The molecule has 0 heterocycles. The molecule has 0 atom stereocenters. The fourth-order valence-electron chi connectivity index (χ4n) is 0. The van der Waals surface area contributed by atoms with Crippen molar-refractivity contribution >= 4 is 0 Å². The zero-order valence-electron chi connectivity index (χ0n) is 5.77. The first-order valence-electron chi connectivity index (χ1n) is 0. The molecule has 0 amide bonds. The molecule has 10 heteroatoms. The normalized spacial score (nSPS) is 0. The van der Waals surface area contributed by atoms with Crippen LogP contribution in [0.25, 0.3) is 0 Å². The molecule has 0 saturated carbocycles. The summed E-state index contributed by atoms with van der Waals surface area (Å²) in [4.78, 5) is 0. The fourth-order valence-corrected chi connectivity index (χ4v) is 0. The van der Waals surface area contributed by atoms with Gasteiger partial charge in [-0.3, -0.25) is 0 Å². The second kappa shape index (κ2) is 1350. The Balaban J connectivity index is 0. The average Bonchev–Trinajstić information content (AvgIpc) is 0. The van der Waals surface area contributed by atoms with Gasteiger partial charge >= 0.3 is 32.7 Å². The van der Waals surface area contributed by atoms with E-state index in [1.165, 1.54) is 0 Å². The van der Waals surface area contributed by atoms with E-state index in [2.05, 4.69) is 0 Å². The SMILES string of the molecule is [OH3+].[OH3+].[OH3+].[OH3+].[OH3+].[OH3+].[OH3+].[OH3+].[OH3+].[Y+3]. The molecule has 0 unspecified atom stereocenters. The third-order valence-corrected chi connectivity index (χ3v) is 0. The van der Waals surface area contributed by atoms with E-state index < -0.39 is 0 Å². The van der Waals surface area contributed by atoms with E-state index in [-0.39, 0.29) is 82.0 Å². The van der Waals surface area contributed by atoms with Crippen molar-refractivity contribution in [1.29, 1.82) is 0 Å². The molecular formula is H27O9Y+12. The van der Waals surface area contributed by atoms with Crippen molar-refractivity contribution in [2.24, 2.45) is 0 Å². The predicted octanol–water partition coefficient (Wildman–Crippen LogP) is -8.30. The van der Waals surface area contributed by atoms with E-state index in [4.69, 9.17) is 0 Å². The topological polar surface area (TPSA) is 297 Å². The molecule has 0 aromatic rings. The first kappa shape index (κ1) is 1840. The van der Waals surface area contributed by atoms with Crippen molar-refractivity contribution < 1.29 is 82.0 Å². The van der Waals surface area contributed by atoms with Gasteiger partial charge in [-0.05, 0) is 0 Å². The molecule has 27 N–H and O–H groups in total. The Kier molecular flexibility index (Phi) is 248000. The molecule has 0 radical (unpaired) electrons. The summed E-state index contributed by atoms with van der Waals surface area (Å²) in [5.41, 5.74) is 0. The summed E-state index contributed by atoms with van der Waals surface area (Å²) in [6.07, 6.45) is 0. The van der Waals surface area contributed by atoms with Crippen LogP contribution >= 0.6 is 0 Å². The van der Waals surface area contributed by atoms with Crippen LogP contribution in [-0.4, -0.2) is 0 Å². The molecule has 0 spiro atoms. The molecule has 0 aliphatic heterocycles. The van der Waals surface area contributed by atoms with Crippen LogP contribution < -0.4 is 0 Å². The number of hydrogen-bond acceptors (Lipinski definition) is 0. The minimum atomic E-state index is 0. The number of rotatable bonds is 0. The number of hydrogen-bond donors (Lipinski definition) is 0. The van der Waals surface area contributed by atoms with Crippen molar-refractivity contribution in [2.45, 2.75) is 0 Å². The smallest absolute Gasteiger partial charge is 0.457 e. The van der Waals surface area contributed by atoms with Gasteiger partial charge in [-0.15, -0.1) is 0 Å². The van der Waals surface area contributed by atoms with Gasteiger partial charge in [0.05, 0.1) is 0 Å². The Bertz CT molecular complexity index is 4.69. The van der Waals surface area contributed by atoms with Crippen LogP contribution in [0.1, 0.15) is 0 Å². The molecule has 0 aliphatic rings. The van der Waals surface area contributed by atoms with E-state index in [0.29, 0.717) is 0 Å². The minimum Gasteiger partial charge on any atom is -0.457 e. The molecule has 0 rings (SSSR count). The molecule has 0 aromatic heterocycles. The van der Waals surface area contributed by atoms with Crippen molar-refractivity contribution in [3.63, 3.8) is 0 Å². The van der Waals surface area contributed by atoms with E-state index in [1.807, 2.05) is 0 Å². The van der Waals surface area contributed by atoms with E-state index >= 15 is 0 Å². The van der Waals surface area contributed by atoms with Crippen LogP contribution in [-0.2, 0) is 82.0 Å². The Hall–Kier alpha value is 0.744. The third-order valence-electron chi connectivity index (χ3n) is 0. The van der Waals surface area contributed by atoms with E-state index in [9.17, 15) is 0 Å². The van der Waals surface area contributed by atoms with Crippen molar-refractivity contribution in [3.05, 3.63) is 0 Å². The minimum absolute atomic E-state index is 0. The molecule has 72 valence electrons. The third kappa shape index (κ3) is 948. The molecule has 0 aromatic carbocycles. The summed E-state index contributed by atoms with van der Waals surface area (Å²) in [7, 11) is 0. The molecule has 0 saturated heterocycles. The average molecular weight is 260 g/mol. The summed E-state index contributed by atoms with van der Waals surface area (Å²) in [6.45, 7) is 0. The summed E-state index contributed by atoms with van der Waals surface area (Å²) in [5, 5.41) is 0. The first-order valence-corrected chi connectivity index (χ1v) is 0. The van der Waals surface area contributed by atoms with Crippen molar-refractivity contribution in [1.82, 2.24) is 0 Å². The van der Waals surface area contributed by atoms with Crippen LogP contribution in [0.4, 0.5) is 0 Å². The first-order chi connectivity index (χ1) is 0. The van der Waals surface area contributed by atoms with Crippen molar-refractivity contribution in [2.75, 3.05) is 0 Å². The zero-order chi connectivity index (χ0) is 0. The largest absolute Gasteiger partial charge is 3.00 e. The van der Waals surface area contributed by atoms with Crippen LogP contribution in [0, 0.1) is 0 Å². The molecule has 9 nitrogen and oxygen atoms in total. The Morgan fingerprint density at radius 2 is 0.200 bits per heavy atom. The van der Waals surface area contributed by atoms with Crippen LogP contribution in [0.15, 0.2) is 0 Å². The summed E-state index contributed by atoms with van der Waals surface area (Å²) in [5.74, 6) is 0. The fraction of sp³-hybridized carbons (Fsp3) is 0. The Labute approximate surface area is 82.1 Å². The van der Waals surface area contributed by atoms with Gasteiger partial charge in [0.15, 0.2) is 0 Å². The predicted molar refractivity (Wildman–Crippen MR) is 43.8 cm³/mol. The maximum Gasteiger partial charge on any atom is 3.00 e. The standard InChI is InChI=1S/9H2O.Y/h9*1H2;/q;;;;;;;;;+3/p+9. The van der Waals surface area contributed by atoms with Gasteiger partial charge in [-0.2, -0.15) is 0 Å². The summed E-state index contributed by atoms with van der Waals surface area (Å²) in [6, 6.07) is 0. The Morgan fingerprint density at radius 1 is 0.200 bits per heavy atom. The molecule has 0 fully saturated rings. The van der Waals surface area contributed by atoms with Gasteiger partial charge in [0.25, 0.3) is 0 Å². The second-order valence-electron chi connectivity index (χ2n) is 0. The molecule has 0 aliphatic carbocycles. The summed E-state index contributed by atoms with van der Waals surface area (Å²) < 4.78 is 0. The second-order valence-corrected chi connectivity index (χ2v) is 0. The molecular weight excluding hydrogens is 233 g/mol. The van der Waals surface area contributed by atoms with E-state index in [1.54, 1.807) is 0 Å². The van der Waals surface area contributed by atoms with Gasteiger partial charge in [0, 0.05) is 0 Å². The summed E-state index contributed by atoms with van der Waals surface area (Å²) >= 11 is 0. The van der Waals surface area contributed by atoms with Gasteiger partial charge < -0.3 is 49.3 Å². The van der Waals surface area contributed by atoms with Crippen LogP contribution in [0.3, 0.4) is 0 Å². The van der Waals surface area contributed by atoms with Gasteiger partial charge in [0.1, 0.15) is 0 Å². The van der Waals surface area contributed by atoms with Gasteiger partial charge in [-0.1, -0.05) is 0 Å². The zero-order valence-corrected chi connectivity index (χ0v) is 8.61. The van der Waals surface area contributed by atoms with E-state index in [0.717, 1.165) is 0 Å². The molecule has 10 heavy (non-hydrogen) atoms. The van der Waals surface area contributed by atoms with Gasteiger partial charge in [-0.25, -0.2) is 0 Å². The van der Waals surface area contributed by atoms with Gasteiger partial charge in [0.2, 0.25) is 0 Å². The van der Waals surface area contributed by atoms with Crippen molar-refractivity contribution in [3.8, 4) is 0 Å². The monoisotopic (exact) mass is 260 g/mol. The maximum absolute atomic E-state index is 0.